The molecule has 0 atom stereocenters. The van der Waals surface area contributed by atoms with Crippen molar-refractivity contribution < 1.29 is 23.9 Å². The maximum atomic E-state index is 13.5. The van der Waals surface area contributed by atoms with Crippen LogP contribution in [0.25, 0.3) is 21.5 Å². The van der Waals surface area contributed by atoms with Gasteiger partial charge in [0.15, 0.2) is 11.6 Å². The van der Waals surface area contributed by atoms with Gasteiger partial charge in [-0.3, -0.25) is 9.59 Å². The third-order valence-corrected chi connectivity index (χ3v) is 6.33. The van der Waals surface area contributed by atoms with Gasteiger partial charge in [0, 0.05) is 22.3 Å². The average molecular weight is 456 g/mol. The van der Waals surface area contributed by atoms with Crippen molar-refractivity contribution in [3.8, 4) is 0 Å². The first kappa shape index (κ1) is 20.7. The second-order valence-electron chi connectivity index (χ2n) is 8.33. The van der Waals surface area contributed by atoms with Crippen LogP contribution in [0.4, 0.5) is 0 Å². The molecule has 0 amide bonds. The molecule has 6 rings (SSSR count). The van der Waals surface area contributed by atoms with Crippen molar-refractivity contribution in [2.45, 2.75) is 0 Å². The minimum atomic E-state index is -0.946. The molecule has 5 heteroatoms. The number of esters is 2. The highest BCUT2D eigenvalue weighted by Gasteiger charge is 2.29. The van der Waals surface area contributed by atoms with Crippen LogP contribution in [0.15, 0.2) is 97.1 Å². The second kappa shape index (κ2) is 7.85. The van der Waals surface area contributed by atoms with E-state index in [4.69, 9.17) is 4.74 Å². The van der Waals surface area contributed by atoms with Crippen LogP contribution in [0.2, 0.25) is 0 Å². The van der Waals surface area contributed by atoms with Crippen molar-refractivity contribution in [3.05, 3.63) is 130 Å². The largest absolute Gasteiger partial charge is 0.386 e. The molecule has 5 aromatic rings. The molecule has 5 aromatic carbocycles. The van der Waals surface area contributed by atoms with Crippen LogP contribution in [0.1, 0.15) is 52.6 Å². The Hall–Kier alpha value is -4.90. The zero-order chi connectivity index (χ0) is 24.1. The van der Waals surface area contributed by atoms with Gasteiger partial charge in [0.05, 0.1) is 11.1 Å². The van der Waals surface area contributed by atoms with Crippen molar-refractivity contribution in [2.75, 3.05) is 0 Å². The Morgan fingerprint density at radius 2 is 0.914 bits per heavy atom. The Balaban J connectivity index is 1.69. The molecule has 0 saturated heterocycles. The number of hydrogen-bond donors (Lipinski definition) is 0. The predicted octanol–water partition coefficient (Wildman–Crippen LogP) is 5.77. The number of carbonyl (C=O) groups is 4. The zero-order valence-electron chi connectivity index (χ0n) is 18.3. The lowest BCUT2D eigenvalue weighted by Gasteiger charge is -2.16. The Kier molecular flexibility index (Phi) is 4.64. The molecule has 0 unspecified atom stereocenters. The molecule has 1 aliphatic rings. The summed E-state index contributed by atoms with van der Waals surface area (Å²) < 4.78 is 5.37. The fraction of sp³-hybridized carbons (Fsp3) is 0. The van der Waals surface area contributed by atoms with Gasteiger partial charge in [0.2, 0.25) is 0 Å². The highest BCUT2D eigenvalue weighted by atomic mass is 16.6. The van der Waals surface area contributed by atoms with E-state index in [-0.39, 0.29) is 33.4 Å². The fourth-order valence-electron chi connectivity index (χ4n) is 4.66. The predicted molar refractivity (Wildman–Crippen MR) is 131 cm³/mol. The number of ether oxygens (including phenoxy) is 1. The molecular weight excluding hydrogens is 440 g/mol. The Morgan fingerprint density at radius 1 is 0.457 bits per heavy atom. The van der Waals surface area contributed by atoms with E-state index >= 15 is 0 Å². The first-order valence-corrected chi connectivity index (χ1v) is 11.0. The number of benzene rings is 5. The summed E-state index contributed by atoms with van der Waals surface area (Å²) in [5.74, 6) is -2.77. The first-order valence-electron chi connectivity index (χ1n) is 11.0. The van der Waals surface area contributed by atoms with Gasteiger partial charge in [0.25, 0.3) is 0 Å². The summed E-state index contributed by atoms with van der Waals surface area (Å²) in [7, 11) is 0. The molecule has 1 aliphatic heterocycles. The molecule has 0 N–H and O–H groups in total. The molecule has 0 aromatic heterocycles. The zero-order valence-corrected chi connectivity index (χ0v) is 18.3. The number of ketones is 2. The van der Waals surface area contributed by atoms with E-state index in [9.17, 15) is 19.2 Å². The normalized spacial score (nSPS) is 13.6. The lowest BCUT2D eigenvalue weighted by Crippen LogP contribution is -2.21. The summed E-state index contributed by atoms with van der Waals surface area (Å²) >= 11 is 0. The van der Waals surface area contributed by atoms with E-state index in [2.05, 4.69) is 0 Å². The van der Waals surface area contributed by atoms with Crippen molar-refractivity contribution in [1.29, 1.82) is 0 Å². The fourth-order valence-corrected chi connectivity index (χ4v) is 4.66. The van der Waals surface area contributed by atoms with Crippen LogP contribution in [-0.4, -0.2) is 23.5 Å². The average Bonchev–Trinajstić information content (AvgIpc) is 2.90. The molecule has 0 spiro atoms. The molecule has 5 nitrogen and oxygen atoms in total. The molecule has 166 valence electrons. The summed E-state index contributed by atoms with van der Waals surface area (Å²) in [5.41, 5.74) is 0.750. The molecule has 0 radical (unpaired) electrons. The molecular formula is C30H16O5. The maximum Gasteiger partial charge on any atom is 0.347 e. The standard InChI is InChI=1S/C30H16O5/c31-27-19-8-5-9-20(16-19)28(32)24-15-13-18-7-2-4-11-22(18)26(24)30(34)35-29(33)25-21-10-3-1-6-17(21)12-14-23(25)27/h1-16H. The number of rotatable bonds is 0. The Labute approximate surface area is 199 Å². The van der Waals surface area contributed by atoms with Gasteiger partial charge in [0.1, 0.15) is 0 Å². The quantitative estimate of drug-likeness (QED) is 0.219. The van der Waals surface area contributed by atoms with Gasteiger partial charge in [-0.15, -0.1) is 0 Å². The first-order chi connectivity index (χ1) is 17.0. The van der Waals surface area contributed by atoms with Gasteiger partial charge in [-0.2, -0.15) is 0 Å². The van der Waals surface area contributed by atoms with Crippen LogP contribution in [-0.2, 0) is 4.74 Å². The topological polar surface area (TPSA) is 77.5 Å². The van der Waals surface area contributed by atoms with Crippen molar-refractivity contribution in [3.63, 3.8) is 0 Å². The second-order valence-corrected chi connectivity index (χ2v) is 8.33. The summed E-state index contributed by atoms with van der Waals surface area (Å²) in [6.45, 7) is 0. The van der Waals surface area contributed by atoms with Crippen LogP contribution < -0.4 is 0 Å². The highest BCUT2D eigenvalue weighted by molar-refractivity contribution is 6.25. The van der Waals surface area contributed by atoms with E-state index < -0.39 is 23.5 Å². The molecule has 0 saturated carbocycles. The summed E-state index contributed by atoms with van der Waals surface area (Å²) in [6, 6.07) is 27.1. The van der Waals surface area contributed by atoms with Crippen LogP contribution in [0.5, 0.6) is 0 Å². The van der Waals surface area contributed by atoms with Gasteiger partial charge < -0.3 is 4.74 Å². The monoisotopic (exact) mass is 456 g/mol. The van der Waals surface area contributed by atoms with Gasteiger partial charge >= 0.3 is 11.9 Å². The summed E-state index contributed by atoms with van der Waals surface area (Å²) in [5, 5.41) is 2.45. The minimum Gasteiger partial charge on any atom is -0.386 e. The minimum absolute atomic E-state index is 0.0144. The number of cyclic esters (lactones) is 2. The van der Waals surface area contributed by atoms with Crippen molar-refractivity contribution in [1.82, 2.24) is 0 Å². The lowest BCUT2D eigenvalue weighted by molar-refractivity contribution is 0.0397. The van der Waals surface area contributed by atoms with Gasteiger partial charge in [-0.1, -0.05) is 78.9 Å². The van der Waals surface area contributed by atoms with Gasteiger partial charge in [-0.25, -0.2) is 9.59 Å². The van der Waals surface area contributed by atoms with Crippen LogP contribution in [0, 0.1) is 0 Å². The van der Waals surface area contributed by atoms with E-state index in [1.807, 2.05) is 24.3 Å². The van der Waals surface area contributed by atoms with E-state index in [1.54, 1.807) is 66.7 Å². The van der Waals surface area contributed by atoms with Crippen LogP contribution >= 0.6 is 0 Å². The van der Waals surface area contributed by atoms with Crippen LogP contribution in [0.3, 0.4) is 0 Å². The number of fused-ring (bicyclic) bond motifs is 8. The SMILES string of the molecule is O=C1c2cccc(c2)C(=O)c2ccc3ccccc3c2C(=O)OC(=O)c2c1ccc1ccccc21. The lowest BCUT2D eigenvalue weighted by atomic mass is 9.90. The van der Waals surface area contributed by atoms with Crippen molar-refractivity contribution >= 4 is 45.0 Å². The number of hydrogen-bond acceptors (Lipinski definition) is 5. The smallest absolute Gasteiger partial charge is 0.347 e. The third-order valence-electron chi connectivity index (χ3n) is 6.33. The molecule has 2 bridgehead atoms. The highest BCUT2D eigenvalue weighted by Crippen LogP contribution is 2.30. The summed E-state index contributed by atoms with van der Waals surface area (Å²) in [4.78, 5) is 53.9. The van der Waals surface area contributed by atoms with E-state index in [0.29, 0.717) is 10.8 Å². The van der Waals surface area contributed by atoms with Crippen molar-refractivity contribution in [2.24, 2.45) is 0 Å². The maximum absolute atomic E-state index is 13.5. The van der Waals surface area contributed by atoms with E-state index in [0.717, 1.165) is 10.8 Å². The molecule has 1 heterocycles. The molecule has 0 fully saturated rings. The summed E-state index contributed by atoms with van der Waals surface area (Å²) in [6.07, 6.45) is 0. The Morgan fingerprint density at radius 3 is 1.40 bits per heavy atom. The Bertz CT molecular complexity index is 1620. The molecule has 35 heavy (non-hydrogen) atoms. The number of carbonyl (C=O) groups excluding carboxylic acids is 4. The van der Waals surface area contributed by atoms with E-state index in [1.165, 1.54) is 6.07 Å². The molecule has 0 aliphatic carbocycles. The van der Waals surface area contributed by atoms with Gasteiger partial charge in [-0.05, 0) is 39.7 Å². The third kappa shape index (κ3) is 3.25.